The van der Waals surface area contributed by atoms with Crippen molar-refractivity contribution in [2.24, 2.45) is 5.92 Å². The Kier molecular flexibility index (Phi) is 4.22. The molecule has 1 aromatic carbocycles. The van der Waals surface area contributed by atoms with E-state index in [0.29, 0.717) is 18.2 Å². The Hall–Kier alpha value is -2.11. The van der Waals surface area contributed by atoms with Crippen LogP contribution in [0, 0.1) is 16.0 Å². The molecule has 0 saturated heterocycles. The molecule has 1 amide bonds. The number of benzene rings is 1. The van der Waals surface area contributed by atoms with E-state index in [1.54, 1.807) is 25.1 Å². The third-order valence-corrected chi connectivity index (χ3v) is 3.82. The number of carbonyl (C=O) groups is 1. The molecule has 1 saturated carbocycles. The fraction of sp³-hybridized carbons (Fsp3) is 0.500. The van der Waals surface area contributed by atoms with Gasteiger partial charge in [-0.3, -0.25) is 14.9 Å². The number of amides is 1. The lowest BCUT2D eigenvalue weighted by Crippen LogP contribution is -2.34. The largest absolute Gasteiger partial charge is 0.388 e. The van der Waals surface area contributed by atoms with E-state index >= 15 is 0 Å². The number of nitrogens with one attached hydrogen (secondary N) is 1. The third-order valence-electron chi connectivity index (χ3n) is 3.82. The number of nitro groups is 1. The zero-order valence-electron chi connectivity index (χ0n) is 11.8. The van der Waals surface area contributed by atoms with E-state index in [1.165, 1.54) is 18.6 Å². The highest BCUT2D eigenvalue weighted by atomic mass is 16.6. The van der Waals surface area contributed by atoms with Gasteiger partial charge in [-0.1, -0.05) is 6.42 Å². The normalized spacial score (nSPS) is 14.5. The van der Waals surface area contributed by atoms with Gasteiger partial charge in [-0.15, -0.1) is 0 Å². The van der Waals surface area contributed by atoms with Crippen molar-refractivity contribution in [1.29, 1.82) is 0 Å². The fourth-order valence-electron chi connectivity index (χ4n) is 2.37. The highest BCUT2D eigenvalue weighted by Gasteiger charge is 2.26. The molecule has 20 heavy (non-hydrogen) atoms. The van der Waals surface area contributed by atoms with Gasteiger partial charge in [0.1, 0.15) is 5.56 Å². The lowest BCUT2D eigenvalue weighted by molar-refractivity contribution is -0.385. The smallest absolute Gasteiger partial charge is 0.282 e. The van der Waals surface area contributed by atoms with Gasteiger partial charge >= 0.3 is 0 Å². The van der Waals surface area contributed by atoms with Crippen LogP contribution in [0.25, 0.3) is 0 Å². The summed E-state index contributed by atoms with van der Waals surface area (Å²) < 4.78 is 0. The van der Waals surface area contributed by atoms with E-state index in [4.69, 9.17) is 0 Å². The van der Waals surface area contributed by atoms with Gasteiger partial charge in [0, 0.05) is 32.4 Å². The number of hydrogen-bond acceptors (Lipinski definition) is 4. The molecule has 0 aliphatic heterocycles. The molecular formula is C14H19N3O3. The maximum Gasteiger partial charge on any atom is 0.282 e. The van der Waals surface area contributed by atoms with Crippen LogP contribution in [0.15, 0.2) is 18.2 Å². The number of nitrogens with zero attached hydrogens (tertiary/aromatic N) is 2. The number of nitro benzene ring substituents is 1. The molecule has 1 aliphatic rings. The minimum absolute atomic E-state index is 0.142. The highest BCUT2D eigenvalue weighted by Crippen LogP contribution is 2.28. The van der Waals surface area contributed by atoms with Crippen molar-refractivity contribution in [3.05, 3.63) is 33.9 Å². The summed E-state index contributed by atoms with van der Waals surface area (Å²) in [6.07, 6.45) is 3.48. The van der Waals surface area contributed by atoms with Gasteiger partial charge in [0.05, 0.1) is 4.92 Å². The van der Waals surface area contributed by atoms with Crippen molar-refractivity contribution < 1.29 is 9.72 Å². The summed E-state index contributed by atoms with van der Waals surface area (Å²) in [6.45, 7) is 0.666. The molecule has 0 bridgehead atoms. The first-order chi connectivity index (χ1) is 9.52. The van der Waals surface area contributed by atoms with Crippen LogP contribution in [0.2, 0.25) is 0 Å². The molecule has 1 fully saturated rings. The van der Waals surface area contributed by atoms with E-state index in [2.05, 4.69) is 5.32 Å². The van der Waals surface area contributed by atoms with Crippen molar-refractivity contribution >= 4 is 17.3 Å². The molecule has 6 heteroatoms. The number of anilines is 1. The molecule has 0 heterocycles. The van der Waals surface area contributed by atoms with Crippen LogP contribution in [0.5, 0.6) is 0 Å². The van der Waals surface area contributed by atoms with Gasteiger partial charge in [0.15, 0.2) is 0 Å². The monoisotopic (exact) mass is 277 g/mol. The van der Waals surface area contributed by atoms with Crippen LogP contribution in [0.4, 0.5) is 11.4 Å². The number of hydrogen-bond donors (Lipinski definition) is 1. The predicted octanol–water partition coefficient (Wildman–Crippen LogP) is 2.51. The summed E-state index contributed by atoms with van der Waals surface area (Å²) in [5.41, 5.74) is 0.689. The van der Waals surface area contributed by atoms with Crippen LogP contribution in [-0.2, 0) is 0 Å². The van der Waals surface area contributed by atoms with Gasteiger partial charge in [-0.2, -0.15) is 0 Å². The lowest BCUT2D eigenvalue weighted by atomic mass is 9.85. The molecule has 2 rings (SSSR count). The minimum atomic E-state index is -0.510. The molecule has 0 radical (unpaired) electrons. The van der Waals surface area contributed by atoms with Gasteiger partial charge in [0.25, 0.3) is 11.6 Å². The average Bonchev–Trinajstić information content (AvgIpc) is 2.40. The van der Waals surface area contributed by atoms with E-state index < -0.39 is 4.92 Å². The quantitative estimate of drug-likeness (QED) is 0.662. The standard InChI is InChI=1S/C14H19N3O3/c1-15-11-6-7-13(17(19)20)12(8-11)14(18)16(2)9-10-4-3-5-10/h6-8,10,15H,3-5,9H2,1-2H3. The van der Waals surface area contributed by atoms with Crippen LogP contribution >= 0.6 is 0 Å². The lowest BCUT2D eigenvalue weighted by Gasteiger charge is -2.30. The van der Waals surface area contributed by atoms with Crippen molar-refractivity contribution in [3.8, 4) is 0 Å². The summed E-state index contributed by atoms with van der Waals surface area (Å²) in [5, 5.41) is 13.9. The van der Waals surface area contributed by atoms with Crippen LogP contribution in [0.1, 0.15) is 29.6 Å². The van der Waals surface area contributed by atoms with Crippen LogP contribution < -0.4 is 5.32 Å². The third kappa shape index (κ3) is 2.89. The predicted molar refractivity (Wildman–Crippen MR) is 76.9 cm³/mol. The molecule has 1 N–H and O–H groups in total. The maximum atomic E-state index is 12.4. The van der Waals surface area contributed by atoms with Gasteiger partial charge < -0.3 is 10.2 Å². The molecular weight excluding hydrogens is 258 g/mol. The molecule has 1 aromatic rings. The molecule has 0 atom stereocenters. The zero-order chi connectivity index (χ0) is 14.7. The van der Waals surface area contributed by atoms with E-state index in [9.17, 15) is 14.9 Å². The first-order valence-electron chi connectivity index (χ1n) is 6.74. The summed E-state index contributed by atoms with van der Waals surface area (Å²) >= 11 is 0. The zero-order valence-corrected chi connectivity index (χ0v) is 11.8. The first-order valence-corrected chi connectivity index (χ1v) is 6.74. The Morgan fingerprint density at radius 3 is 2.70 bits per heavy atom. The Bertz CT molecular complexity index is 526. The Morgan fingerprint density at radius 1 is 1.50 bits per heavy atom. The second-order valence-electron chi connectivity index (χ2n) is 5.22. The molecule has 1 aliphatic carbocycles. The van der Waals surface area contributed by atoms with Gasteiger partial charge in [0.2, 0.25) is 0 Å². The second-order valence-corrected chi connectivity index (χ2v) is 5.22. The fourth-order valence-corrected chi connectivity index (χ4v) is 2.37. The van der Waals surface area contributed by atoms with E-state index in [0.717, 1.165) is 12.8 Å². The molecule has 108 valence electrons. The number of carbonyl (C=O) groups excluding carboxylic acids is 1. The topological polar surface area (TPSA) is 75.5 Å². The minimum Gasteiger partial charge on any atom is -0.388 e. The van der Waals surface area contributed by atoms with Crippen molar-refractivity contribution in [1.82, 2.24) is 4.90 Å². The maximum absolute atomic E-state index is 12.4. The average molecular weight is 277 g/mol. The first kappa shape index (κ1) is 14.3. The Balaban J connectivity index is 2.23. The summed E-state index contributed by atoms with van der Waals surface area (Å²) in [7, 11) is 3.42. The SMILES string of the molecule is CNc1ccc([N+](=O)[O-])c(C(=O)N(C)CC2CCC2)c1. The van der Waals surface area contributed by atoms with E-state index in [-0.39, 0.29) is 17.2 Å². The molecule has 6 nitrogen and oxygen atoms in total. The number of rotatable bonds is 5. The Morgan fingerprint density at radius 2 is 2.20 bits per heavy atom. The molecule has 0 spiro atoms. The van der Waals surface area contributed by atoms with Gasteiger partial charge in [-0.25, -0.2) is 0 Å². The summed E-state index contributed by atoms with van der Waals surface area (Å²) in [6, 6.07) is 4.51. The van der Waals surface area contributed by atoms with Crippen LogP contribution in [-0.4, -0.2) is 36.4 Å². The van der Waals surface area contributed by atoms with Gasteiger partial charge in [-0.05, 0) is 30.9 Å². The summed E-state index contributed by atoms with van der Waals surface area (Å²) in [4.78, 5) is 24.5. The Labute approximate surface area is 117 Å². The van der Waals surface area contributed by atoms with Crippen molar-refractivity contribution in [2.45, 2.75) is 19.3 Å². The van der Waals surface area contributed by atoms with Crippen molar-refractivity contribution in [3.63, 3.8) is 0 Å². The summed E-state index contributed by atoms with van der Waals surface area (Å²) in [5.74, 6) is 0.246. The second kappa shape index (κ2) is 5.90. The molecule has 0 unspecified atom stereocenters. The molecule has 0 aromatic heterocycles. The van der Waals surface area contributed by atoms with Crippen LogP contribution in [0.3, 0.4) is 0 Å². The van der Waals surface area contributed by atoms with Crippen molar-refractivity contribution in [2.75, 3.05) is 26.0 Å². The highest BCUT2D eigenvalue weighted by molar-refractivity contribution is 5.99. The van der Waals surface area contributed by atoms with E-state index in [1.807, 2.05) is 0 Å².